The summed E-state index contributed by atoms with van der Waals surface area (Å²) in [6, 6.07) is 4.68. The van der Waals surface area contributed by atoms with Gasteiger partial charge in [-0.3, -0.25) is 0 Å². The van der Waals surface area contributed by atoms with E-state index in [2.05, 4.69) is 17.2 Å². The van der Waals surface area contributed by atoms with Crippen LogP contribution in [0.3, 0.4) is 0 Å². The van der Waals surface area contributed by atoms with Crippen molar-refractivity contribution >= 4 is 5.82 Å². The monoisotopic (exact) mass is 212 g/mol. The van der Waals surface area contributed by atoms with Crippen LogP contribution in [0.1, 0.15) is 19.8 Å². The van der Waals surface area contributed by atoms with Gasteiger partial charge in [-0.15, -0.1) is 0 Å². The van der Waals surface area contributed by atoms with Gasteiger partial charge in [0.2, 0.25) is 5.95 Å². The lowest BCUT2D eigenvalue weighted by molar-refractivity contribution is 0.141. The fourth-order valence-corrected chi connectivity index (χ4v) is 1.11. The van der Waals surface area contributed by atoms with Crippen LogP contribution in [0, 0.1) is 5.95 Å². The largest absolute Gasteiger partial charge is 0.380 e. The number of nitrogens with one attached hydrogen (secondary N) is 1. The van der Waals surface area contributed by atoms with E-state index in [1.807, 2.05) is 0 Å². The van der Waals surface area contributed by atoms with Crippen LogP contribution in [-0.4, -0.2) is 24.7 Å². The van der Waals surface area contributed by atoms with Crippen molar-refractivity contribution in [2.75, 3.05) is 25.1 Å². The van der Waals surface area contributed by atoms with Crippen molar-refractivity contribution in [2.45, 2.75) is 19.8 Å². The lowest BCUT2D eigenvalue weighted by Gasteiger charge is -2.05. The molecule has 0 bridgehead atoms. The molecule has 0 aliphatic carbocycles. The number of rotatable bonds is 7. The Morgan fingerprint density at radius 3 is 3.00 bits per heavy atom. The molecule has 0 aliphatic rings. The summed E-state index contributed by atoms with van der Waals surface area (Å²) in [5.41, 5.74) is 0. The molecule has 84 valence electrons. The fraction of sp³-hybridized carbons (Fsp3) is 0.545. The predicted octanol–water partition coefficient (Wildman–Crippen LogP) is 2.45. The van der Waals surface area contributed by atoms with Crippen LogP contribution in [0.15, 0.2) is 18.2 Å². The smallest absolute Gasteiger partial charge is 0.214 e. The highest BCUT2D eigenvalue weighted by molar-refractivity contribution is 5.33. The van der Waals surface area contributed by atoms with Crippen LogP contribution in [0.2, 0.25) is 0 Å². The van der Waals surface area contributed by atoms with Crippen LogP contribution < -0.4 is 5.32 Å². The minimum atomic E-state index is -0.466. The molecule has 0 aromatic carbocycles. The molecule has 1 heterocycles. The summed E-state index contributed by atoms with van der Waals surface area (Å²) < 4.78 is 18.0. The first-order valence-electron chi connectivity index (χ1n) is 5.27. The Morgan fingerprint density at radius 2 is 2.27 bits per heavy atom. The zero-order valence-electron chi connectivity index (χ0n) is 9.00. The molecule has 0 radical (unpaired) electrons. The van der Waals surface area contributed by atoms with Crippen molar-refractivity contribution in [2.24, 2.45) is 0 Å². The number of nitrogens with zero attached hydrogens (tertiary/aromatic N) is 1. The maximum absolute atomic E-state index is 12.7. The average Bonchev–Trinajstić information content (AvgIpc) is 2.23. The van der Waals surface area contributed by atoms with E-state index < -0.39 is 5.95 Å². The maximum Gasteiger partial charge on any atom is 0.214 e. The second-order valence-electron chi connectivity index (χ2n) is 3.24. The van der Waals surface area contributed by atoms with Gasteiger partial charge >= 0.3 is 0 Å². The number of ether oxygens (including phenoxy) is 1. The molecule has 0 fully saturated rings. The van der Waals surface area contributed by atoms with Crippen molar-refractivity contribution in [3.05, 3.63) is 24.1 Å². The number of anilines is 1. The van der Waals surface area contributed by atoms with E-state index in [0.717, 1.165) is 19.4 Å². The summed E-state index contributed by atoms with van der Waals surface area (Å²) in [4.78, 5) is 3.67. The van der Waals surface area contributed by atoms with Crippen LogP contribution in [0.5, 0.6) is 0 Å². The van der Waals surface area contributed by atoms with E-state index in [0.29, 0.717) is 19.0 Å². The zero-order chi connectivity index (χ0) is 10.9. The maximum atomic E-state index is 12.7. The molecular weight excluding hydrogens is 195 g/mol. The molecule has 0 spiro atoms. The van der Waals surface area contributed by atoms with Crippen LogP contribution in [0.25, 0.3) is 0 Å². The summed E-state index contributed by atoms with van der Waals surface area (Å²) in [6.07, 6.45) is 2.22. The number of hydrogen-bond acceptors (Lipinski definition) is 3. The highest BCUT2D eigenvalue weighted by atomic mass is 19.1. The summed E-state index contributed by atoms with van der Waals surface area (Å²) in [5, 5.41) is 2.99. The zero-order valence-corrected chi connectivity index (χ0v) is 9.00. The highest BCUT2D eigenvalue weighted by Gasteiger charge is 1.95. The quantitative estimate of drug-likeness (QED) is 0.557. The van der Waals surface area contributed by atoms with E-state index in [1.165, 1.54) is 6.07 Å². The van der Waals surface area contributed by atoms with Gasteiger partial charge in [-0.2, -0.15) is 4.39 Å². The van der Waals surface area contributed by atoms with Gasteiger partial charge in [0.05, 0.1) is 6.61 Å². The normalized spacial score (nSPS) is 10.3. The summed E-state index contributed by atoms with van der Waals surface area (Å²) in [6.45, 7) is 4.19. The Kier molecular flexibility index (Phi) is 5.70. The van der Waals surface area contributed by atoms with Gasteiger partial charge in [-0.1, -0.05) is 19.4 Å². The summed E-state index contributed by atoms with van der Waals surface area (Å²) in [7, 11) is 0. The average molecular weight is 212 g/mol. The second kappa shape index (κ2) is 7.17. The van der Waals surface area contributed by atoms with Gasteiger partial charge in [0.25, 0.3) is 0 Å². The fourth-order valence-electron chi connectivity index (χ4n) is 1.11. The minimum absolute atomic E-state index is 0.466. The van der Waals surface area contributed by atoms with E-state index in [4.69, 9.17) is 4.74 Å². The Bertz CT molecular complexity index is 281. The molecule has 1 N–H and O–H groups in total. The number of hydrogen-bond donors (Lipinski definition) is 1. The van der Waals surface area contributed by atoms with Crippen molar-refractivity contribution < 1.29 is 9.13 Å². The Hall–Kier alpha value is -1.16. The molecular formula is C11H17FN2O. The number of halogens is 1. The van der Waals surface area contributed by atoms with Crippen molar-refractivity contribution in [1.82, 2.24) is 4.98 Å². The molecule has 1 aromatic heterocycles. The first-order valence-corrected chi connectivity index (χ1v) is 5.27. The third kappa shape index (κ3) is 5.32. The standard InChI is InChI=1S/C11H17FN2O/c1-2-3-8-15-9-7-13-11-6-4-5-10(12)14-11/h4-6H,2-3,7-9H2,1H3,(H,13,14). The van der Waals surface area contributed by atoms with Gasteiger partial charge in [0.1, 0.15) is 5.82 Å². The van der Waals surface area contributed by atoms with Gasteiger partial charge in [0.15, 0.2) is 0 Å². The molecule has 0 atom stereocenters. The molecule has 1 aromatic rings. The van der Waals surface area contributed by atoms with Crippen LogP contribution >= 0.6 is 0 Å². The SMILES string of the molecule is CCCCOCCNc1cccc(F)n1. The van der Waals surface area contributed by atoms with Crippen molar-refractivity contribution in [1.29, 1.82) is 0 Å². The van der Waals surface area contributed by atoms with E-state index in [9.17, 15) is 4.39 Å². The lowest BCUT2D eigenvalue weighted by Crippen LogP contribution is -2.11. The molecule has 0 unspecified atom stereocenters. The first kappa shape index (κ1) is 11.9. The van der Waals surface area contributed by atoms with Crippen LogP contribution in [-0.2, 0) is 4.74 Å². The number of unbranched alkanes of at least 4 members (excludes halogenated alkanes) is 1. The van der Waals surface area contributed by atoms with Crippen molar-refractivity contribution in [3.63, 3.8) is 0 Å². The van der Waals surface area contributed by atoms with E-state index >= 15 is 0 Å². The van der Waals surface area contributed by atoms with Crippen LogP contribution in [0.4, 0.5) is 10.2 Å². The topological polar surface area (TPSA) is 34.1 Å². The van der Waals surface area contributed by atoms with E-state index in [-0.39, 0.29) is 0 Å². The van der Waals surface area contributed by atoms with Crippen molar-refractivity contribution in [3.8, 4) is 0 Å². The molecule has 3 nitrogen and oxygen atoms in total. The third-order valence-corrected chi connectivity index (χ3v) is 1.91. The van der Waals surface area contributed by atoms with Gasteiger partial charge < -0.3 is 10.1 Å². The molecule has 0 aliphatic heterocycles. The second-order valence-corrected chi connectivity index (χ2v) is 3.24. The lowest BCUT2D eigenvalue weighted by atomic mass is 10.4. The Balaban J connectivity index is 2.10. The molecule has 0 saturated heterocycles. The minimum Gasteiger partial charge on any atom is -0.380 e. The summed E-state index contributed by atoms with van der Waals surface area (Å²) >= 11 is 0. The molecule has 15 heavy (non-hydrogen) atoms. The van der Waals surface area contributed by atoms with Gasteiger partial charge in [-0.05, 0) is 18.6 Å². The molecule has 0 saturated carbocycles. The number of aromatic nitrogens is 1. The Morgan fingerprint density at radius 1 is 1.40 bits per heavy atom. The van der Waals surface area contributed by atoms with Gasteiger partial charge in [-0.25, -0.2) is 4.98 Å². The van der Waals surface area contributed by atoms with Gasteiger partial charge in [0, 0.05) is 13.2 Å². The molecule has 1 rings (SSSR count). The van der Waals surface area contributed by atoms with E-state index in [1.54, 1.807) is 12.1 Å². The molecule has 0 amide bonds. The number of pyridine rings is 1. The third-order valence-electron chi connectivity index (χ3n) is 1.91. The molecule has 4 heteroatoms. The highest BCUT2D eigenvalue weighted by Crippen LogP contribution is 2.02. The summed E-state index contributed by atoms with van der Waals surface area (Å²) in [5.74, 6) is 0.0843. The predicted molar refractivity (Wildman–Crippen MR) is 58.4 cm³/mol. The Labute approximate surface area is 89.7 Å². The first-order chi connectivity index (χ1) is 7.33.